The van der Waals surface area contributed by atoms with Crippen LogP contribution in [0.25, 0.3) is 11.4 Å². The normalized spacial score (nSPS) is 10.9. The molecule has 4 nitrogen and oxygen atoms in total. The van der Waals surface area contributed by atoms with Crippen molar-refractivity contribution in [1.29, 1.82) is 0 Å². The van der Waals surface area contributed by atoms with Gasteiger partial charge in [-0.3, -0.25) is 0 Å². The van der Waals surface area contributed by atoms with Gasteiger partial charge in [0.05, 0.1) is 0 Å². The Labute approximate surface area is 197 Å². The highest BCUT2D eigenvalue weighted by Crippen LogP contribution is 2.31. The van der Waals surface area contributed by atoms with E-state index in [1.165, 1.54) is 41.1 Å². The zero-order valence-corrected chi connectivity index (χ0v) is 20.9. The lowest BCUT2D eigenvalue weighted by Crippen LogP contribution is -2.20. The molecule has 0 fully saturated rings. The number of rotatable bonds is 10. The lowest BCUT2D eigenvalue weighted by Gasteiger charge is -2.16. The van der Waals surface area contributed by atoms with Gasteiger partial charge >= 0.3 is 0 Å². The van der Waals surface area contributed by atoms with E-state index >= 15 is 0 Å². The van der Waals surface area contributed by atoms with Crippen molar-refractivity contribution in [2.75, 3.05) is 20.1 Å². The van der Waals surface area contributed by atoms with Crippen LogP contribution < -0.4 is 4.74 Å². The Bertz CT molecular complexity index is 956. The molecule has 3 aromatic rings. The smallest absolute Gasteiger partial charge is 0.299 e. The van der Waals surface area contributed by atoms with Crippen LogP contribution in [0.1, 0.15) is 48.9 Å². The van der Waals surface area contributed by atoms with Gasteiger partial charge in [0.2, 0.25) is 0 Å². The van der Waals surface area contributed by atoms with E-state index in [0.717, 1.165) is 48.6 Å². The van der Waals surface area contributed by atoms with Gasteiger partial charge in [-0.05, 0) is 75.0 Å². The molecule has 1 aromatic heterocycles. The van der Waals surface area contributed by atoms with Crippen LogP contribution in [0, 0.1) is 13.8 Å². The Morgan fingerprint density at radius 1 is 1.00 bits per heavy atom. The van der Waals surface area contributed by atoms with Crippen molar-refractivity contribution >= 4 is 23.9 Å². The average molecular weight is 460 g/mol. The number of aromatic nitrogens is 2. The first-order valence-electron chi connectivity index (χ1n) is 10.9. The summed E-state index contributed by atoms with van der Waals surface area (Å²) >= 11 is 1.30. The average Bonchev–Trinajstić information content (AvgIpc) is 3.22. The third-order valence-electron chi connectivity index (χ3n) is 5.57. The van der Waals surface area contributed by atoms with Crippen molar-refractivity contribution in [3.63, 3.8) is 0 Å². The number of ether oxygens (including phenoxy) is 1. The summed E-state index contributed by atoms with van der Waals surface area (Å²) in [4.78, 5) is 6.94. The summed E-state index contributed by atoms with van der Waals surface area (Å²) in [6, 6.07) is 12.9. The fourth-order valence-corrected chi connectivity index (χ4v) is 3.93. The van der Waals surface area contributed by atoms with Gasteiger partial charge < -0.3 is 9.64 Å². The van der Waals surface area contributed by atoms with E-state index in [1.54, 1.807) is 0 Å². The number of nitrogens with zero attached hydrogens (tertiary/aromatic N) is 3. The summed E-state index contributed by atoms with van der Waals surface area (Å²) in [5.74, 6) is 1.59. The molecule has 31 heavy (non-hydrogen) atoms. The molecular formula is C25H34ClN3OS. The van der Waals surface area contributed by atoms with E-state index in [9.17, 15) is 0 Å². The highest BCUT2D eigenvalue weighted by atomic mass is 35.5. The van der Waals surface area contributed by atoms with Gasteiger partial charge in [-0.1, -0.05) is 50.6 Å². The van der Waals surface area contributed by atoms with Crippen LogP contribution in [0.5, 0.6) is 10.9 Å². The minimum atomic E-state index is 0. The molecule has 0 atom stereocenters. The molecule has 1 heterocycles. The van der Waals surface area contributed by atoms with Crippen molar-refractivity contribution in [3.05, 3.63) is 58.7 Å². The summed E-state index contributed by atoms with van der Waals surface area (Å²) < 4.78 is 10.6. The predicted molar refractivity (Wildman–Crippen MR) is 134 cm³/mol. The maximum absolute atomic E-state index is 6.11. The number of aryl methyl sites for hydroxylation is 3. The highest BCUT2D eigenvalue weighted by Gasteiger charge is 2.12. The maximum Gasteiger partial charge on any atom is 0.299 e. The second-order valence-electron chi connectivity index (χ2n) is 7.98. The highest BCUT2D eigenvalue weighted by molar-refractivity contribution is 7.07. The molecule has 0 N–H and O–H groups in total. The Hall–Kier alpha value is -1.95. The molecule has 0 saturated carbocycles. The van der Waals surface area contributed by atoms with E-state index in [-0.39, 0.29) is 12.4 Å². The zero-order chi connectivity index (χ0) is 21.5. The van der Waals surface area contributed by atoms with Crippen LogP contribution in [0.2, 0.25) is 0 Å². The van der Waals surface area contributed by atoms with Crippen LogP contribution in [-0.4, -0.2) is 34.4 Å². The van der Waals surface area contributed by atoms with Gasteiger partial charge in [-0.15, -0.1) is 12.4 Å². The molecule has 0 aliphatic carbocycles. The third kappa shape index (κ3) is 7.03. The maximum atomic E-state index is 6.11. The van der Waals surface area contributed by atoms with E-state index in [2.05, 4.69) is 85.4 Å². The number of unbranched alkanes of at least 4 members (excludes halogenated alkanes) is 1. The Kier molecular flexibility index (Phi) is 9.94. The topological polar surface area (TPSA) is 38.2 Å². The Balaban J connectivity index is 0.00000341. The number of benzene rings is 2. The summed E-state index contributed by atoms with van der Waals surface area (Å²) in [5, 5.41) is 0.584. The summed E-state index contributed by atoms with van der Waals surface area (Å²) in [5.41, 5.74) is 6.16. The molecule has 0 aliphatic heterocycles. The Morgan fingerprint density at radius 3 is 2.42 bits per heavy atom. The number of halogens is 1. The minimum Gasteiger partial charge on any atom is -0.430 e. The first-order valence-corrected chi connectivity index (χ1v) is 11.7. The fourth-order valence-electron chi connectivity index (χ4n) is 3.36. The van der Waals surface area contributed by atoms with Gasteiger partial charge in [0.25, 0.3) is 5.19 Å². The number of likely N-dealkylation sites (N-methyl/N-ethyl adjacent to an activating group) is 1. The van der Waals surface area contributed by atoms with Crippen molar-refractivity contribution in [3.8, 4) is 22.3 Å². The van der Waals surface area contributed by atoms with Crippen molar-refractivity contribution < 1.29 is 4.74 Å². The molecule has 0 aliphatic rings. The summed E-state index contributed by atoms with van der Waals surface area (Å²) in [6.45, 7) is 10.8. The van der Waals surface area contributed by atoms with Crippen molar-refractivity contribution in [1.82, 2.24) is 14.3 Å². The van der Waals surface area contributed by atoms with Crippen LogP contribution >= 0.6 is 23.9 Å². The summed E-state index contributed by atoms with van der Waals surface area (Å²) in [7, 11) is 2.16. The van der Waals surface area contributed by atoms with Crippen molar-refractivity contribution in [2.45, 2.75) is 53.4 Å². The quantitative estimate of drug-likeness (QED) is 0.331. The van der Waals surface area contributed by atoms with E-state index in [1.807, 2.05) is 0 Å². The predicted octanol–water partition coefficient (Wildman–Crippen LogP) is 6.87. The molecule has 0 spiro atoms. The zero-order valence-electron chi connectivity index (χ0n) is 19.3. The first kappa shape index (κ1) is 25.3. The standard InChI is InChI=1S/C25H33N3OS.ClH/c1-6-8-9-20-10-12-21(13-11-20)24-26-25(30-27-24)29-23-17-18(3)22(16-19(23)4)14-15-28(5)7-2;/h10-13,16-17H,6-9,14-15H2,1-5H3;1H. The first-order chi connectivity index (χ1) is 14.5. The number of hydrogen-bond acceptors (Lipinski definition) is 5. The molecule has 0 unspecified atom stereocenters. The molecule has 0 radical (unpaired) electrons. The monoisotopic (exact) mass is 459 g/mol. The largest absolute Gasteiger partial charge is 0.430 e. The molecule has 2 aromatic carbocycles. The van der Waals surface area contributed by atoms with Crippen LogP contribution in [-0.2, 0) is 12.8 Å². The molecular weight excluding hydrogens is 426 g/mol. The minimum absolute atomic E-state index is 0. The van der Waals surface area contributed by atoms with Crippen LogP contribution in [0.4, 0.5) is 0 Å². The molecule has 6 heteroatoms. The molecule has 0 bridgehead atoms. The van der Waals surface area contributed by atoms with Gasteiger partial charge in [0.15, 0.2) is 5.82 Å². The molecule has 0 amide bonds. The Morgan fingerprint density at radius 2 is 1.74 bits per heavy atom. The number of hydrogen-bond donors (Lipinski definition) is 0. The van der Waals surface area contributed by atoms with Crippen LogP contribution in [0.15, 0.2) is 36.4 Å². The van der Waals surface area contributed by atoms with E-state index < -0.39 is 0 Å². The third-order valence-corrected chi connectivity index (χ3v) is 6.17. The van der Waals surface area contributed by atoms with E-state index in [0.29, 0.717) is 5.19 Å². The fraction of sp³-hybridized carbons (Fsp3) is 0.440. The van der Waals surface area contributed by atoms with E-state index in [4.69, 9.17) is 4.74 Å². The molecule has 0 saturated heterocycles. The van der Waals surface area contributed by atoms with Crippen LogP contribution in [0.3, 0.4) is 0 Å². The lowest BCUT2D eigenvalue weighted by atomic mass is 10.0. The lowest BCUT2D eigenvalue weighted by molar-refractivity contribution is 0.357. The van der Waals surface area contributed by atoms with Gasteiger partial charge in [0.1, 0.15) is 5.75 Å². The van der Waals surface area contributed by atoms with Crippen molar-refractivity contribution in [2.24, 2.45) is 0 Å². The summed E-state index contributed by atoms with van der Waals surface area (Å²) in [6.07, 6.45) is 4.61. The second kappa shape index (κ2) is 12.2. The van der Waals surface area contributed by atoms with Gasteiger partial charge in [-0.25, -0.2) is 0 Å². The second-order valence-corrected chi connectivity index (χ2v) is 8.69. The SMILES string of the molecule is CCCCc1ccc(-c2nsc(Oc3cc(C)c(CCN(C)CC)cc3C)n2)cc1.Cl. The van der Waals surface area contributed by atoms with Gasteiger partial charge in [-0.2, -0.15) is 9.36 Å². The molecule has 168 valence electrons. The van der Waals surface area contributed by atoms with Gasteiger partial charge in [0, 0.05) is 23.6 Å². The molecule has 3 rings (SSSR count).